The number of piperidine rings is 1. The molecule has 250 valence electrons. The highest BCUT2D eigenvalue weighted by atomic mass is 19.1. The van der Waals surface area contributed by atoms with E-state index in [2.05, 4.69) is 27.3 Å². The maximum absolute atomic E-state index is 13.8. The van der Waals surface area contributed by atoms with E-state index < -0.39 is 11.6 Å². The van der Waals surface area contributed by atoms with Crippen molar-refractivity contribution in [3.8, 4) is 23.1 Å². The molecule has 12 heteroatoms. The number of hydrogen-bond acceptors (Lipinski definition) is 8. The quantitative estimate of drug-likeness (QED) is 0.208. The van der Waals surface area contributed by atoms with Crippen LogP contribution in [0.5, 0.6) is 5.88 Å². The van der Waals surface area contributed by atoms with E-state index >= 15 is 0 Å². The highest BCUT2D eigenvalue weighted by molar-refractivity contribution is 5.95. The van der Waals surface area contributed by atoms with Gasteiger partial charge in [0.2, 0.25) is 11.8 Å². The van der Waals surface area contributed by atoms with E-state index in [4.69, 9.17) is 14.5 Å². The SMILES string of the molecule is Cc1nn(-c2ncccn2)cc1C(=O)N1C[C@H]2[C@H](Oc3cc(C(C)(C)NC(=O)OCc4ccccc4)cc(-c4ccc(F)cc4)n3)[C@@]2(C)C1. The summed E-state index contributed by atoms with van der Waals surface area (Å²) in [4.78, 5) is 41.5. The van der Waals surface area contributed by atoms with Gasteiger partial charge in [0.05, 0.1) is 22.5 Å². The summed E-state index contributed by atoms with van der Waals surface area (Å²) in [6.45, 7) is 8.83. The highest BCUT2D eigenvalue weighted by Gasteiger charge is 2.69. The van der Waals surface area contributed by atoms with Gasteiger partial charge in [-0.2, -0.15) is 5.10 Å². The van der Waals surface area contributed by atoms with Gasteiger partial charge >= 0.3 is 6.09 Å². The van der Waals surface area contributed by atoms with E-state index in [1.54, 1.807) is 43.7 Å². The zero-order valence-electron chi connectivity index (χ0n) is 27.6. The number of amides is 2. The van der Waals surface area contributed by atoms with Crippen LogP contribution in [0.4, 0.5) is 9.18 Å². The number of nitrogens with one attached hydrogen (secondary N) is 1. The van der Waals surface area contributed by atoms with Crippen molar-refractivity contribution in [2.45, 2.75) is 45.9 Å². The minimum atomic E-state index is -0.872. The summed E-state index contributed by atoms with van der Waals surface area (Å²) < 4.78 is 27.4. The number of carbonyl (C=O) groups excluding carboxylic acids is 2. The highest BCUT2D eigenvalue weighted by Crippen LogP contribution is 2.59. The molecule has 2 aromatic carbocycles. The third kappa shape index (κ3) is 6.46. The number of fused-ring (bicyclic) bond motifs is 1. The van der Waals surface area contributed by atoms with Crippen LogP contribution in [-0.2, 0) is 16.9 Å². The van der Waals surface area contributed by atoms with Crippen molar-refractivity contribution < 1.29 is 23.5 Å². The van der Waals surface area contributed by atoms with Crippen molar-refractivity contribution in [2.24, 2.45) is 11.3 Å². The maximum atomic E-state index is 13.8. The molecule has 0 bridgehead atoms. The standard InChI is InChI=1S/C37H36FN7O4/c1-23-28(19-45(43-23)34-39-15-8-16-40-34)33(46)44-20-29-32(37(29,4)22-44)49-31-18-26(17-30(41-31)25-11-13-27(38)14-12-25)36(2,3)42-35(47)48-21-24-9-6-5-7-10-24/h5-19,29,32H,20-22H2,1-4H3,(H,42,47)/t29-,32-,37-/m0/s1. The van der Waals surface area contributed by atoms with Gasteiger partial charge in [-0.1, -0.05) is 37.3 Å². The Morgan fingerprint density at radius 1 is 1.04 bits per heavy atom. The predicted octanol–water partition coefficient (Wildman–Crippen LogP) is 5.87. The van der Waals surface area contributed by atoms with Crippen molar-refractivity contribution in [1.82, 2.24) is 34.9 Å². The number of alkyl carbamates (subject to hydrolysis) is 1. The van der Waals surface area contributed by atoms with Gasteiger partial charge < -0.3 is 19.7 Å². The molecule has 3 atom stereocenters. The zero-order chi connectivity index (χ0) is 34.3. The van der Waals surface area contributed by atoms with Crippen LogP contribution in [0.15, 0.2) is 91.4 Å². The fourth-order valence-corrected chi connectivity index (χ4v) is 6.48. The molecule has 0 unspecified atom stereocenters. The number of rotatable bonds is 9. The largest absolute Gasteiger partial charge is 0.473 e. The first-order valence-corrected chi connectivity index (χ1v) is 16.1. The Labute approximate surface area is 283 Å². The number of carbonyl (C=O) groups is 2. The number of ether oxygens (including phenoxy) is 2. The molecule has 5 aromatic rings. The van der Waals surface area contributed by atoms with Crippen LogP contribution in [0.3, 0.4) is 0 Å². The summed E-state index contributed by atoms with van der Waals surface area (Å²) in [5, 5.41) is 7.42. The lowest BCUT2D eigenvalue weighted by Crippen LogP contribution is -2.41. The lowest BCUT2D eigenvalue weighted by atomic mass is 9.93. The number of nitrogens with zero attached hydrogens (tertiary/aromatic N) is 6. The maximum Gasteiger partial charge on any atom is 0.408 e. The molecule has 2 amide bonds. The first kappa shape index (κ1) is 31.9. The van der Waals surface area contributed by atoms with E-state index in [1.165, 1.54) is 16.8 Å². The molecule has 3 aromatic heterocycles. The van der Waals surface area contributed by atoms with Crippen molar-refractivity contribution in [2.75, 3.05) is 13.1 Å². The van der Waals surface area contributed by atoms with Gasteiger partial charge in [-0.25, -0.2) is 28.8 Å². The van der Waals surface area contributed by atoms with Crippen LogP contribution in [-0.4, -0.2) is 60.8 Å². The fourth-order valence-electron chi connectivity index (χ4n) is 6.48. The summed E-state index contributed by atoms with van der Waals surface area (Å²) in [5.41, 5.74) is 2.85. The molecule has 4 heterocycles. The van der Waals surface area contributed by atoms with Gasteiger partial charge in [-0.15, -0.1) is 0 Å². The first-order valence-electron chi connectivity index (χ1n) is 16.1. The molecule has 1 aliphatic carbocycles. The van der Waals surface area contributed by atoms with Crippen LogP contribution in [0, 0.1) is 24.1 Å². The van der Waals surface area contributed by atoms with Crippen LogP contribution < -0.4 is 10.1 Å². The molecule has 1 N–H and O–H groups in total. The number of benzene rings is 2. The van der Waals surface area contributed by atoms with Crippen LogP contribution in [0.1, 0.15) is 48.0 Å². The summed E-state index contributed by atoms with van der Waals surface area (Å²) >= 11 is 0. The molecule has 0 spiro atoms. The number of likely N-dealkylation sites (tertiary alicyclic amines) is 1. The van der Waals surface area contributed by atoms with Gasteiger partial charge in [0, 0.05) is 54.6 Å². The number of hydrogen-bond donors (Lipinski definition) is 1. The van der Waals surface area contributed by atoms with Gasteiger partial charge in [-0.05, 0) is 68.3 Å². The van der Waals surface area contributed by atoms with Crippen molar-refractivity contribution in [1.29, 1.82) is 0 Å². The Bertz CT molecular complexity index is 2000. The number of halogens is 1. The molecule has 0 radical (unpaired) electrons. The van der Waals surface area contributed by atoms with Crippen molar-refractivity contribution in [3.63, 3.8) is 0 Å². The summed E-state index contributed by atoms with van der Waals surface area (Å²) in [5.74, 6) is 0.420. The molecule has 49 heavy (non-hydrogen) atoms. The molecular weight excluding hydrogens is 625 g/mol. The summed E-state index contributed by atoms with van der Waals surface area (Å²) in [6.07, 6.45) is 4.19. The Kier molecular flexibility index (Phi) is 8.09. The summed E-state index contributed by atoms with van der Waals surface area (Å²) in [6, 6.07) is 20.9. The lowest BCUT2D eigenvalue weighted by molar-refractivity contribution is 0.0731. The molecule has 2 fully saturated rings. The topological polar surface area (TPSA) is 124 Å². The predicted molar refractivity (Wildman–Crippen MR) is 178 cm³/mol. The van der Waals surface area contributed by atoms with Crippen LogP contribution >= 0.6 is 0 Å². The van der Waals surface area contributed by atoms with E-state index in [-0.39, 0.29) is 35.8 Å². The smallest absolute Gasteiger partial charge is 0.408 e. The normalized spacial score (nSPS) is 19.7. The zero-order valence-corrected chi connectivity index (χ0v) is 27.6. The van der Waals surface area contributed by atoms with Gasteiger partial charge in [0.25, 0.3) is 5.91 Å². The minimum Gasteiger partial charge on any atom is -0.473 e. The van der Waals surface area contributed by atoms with E-state index in [9.17, 15) is 14.0 Å². The number of aromatic nitrogens is 5. The average molecular weight is 662 g/mol. The molecule has 1 saturated heterocycles. The number of pyridine rings is 1. The Morgan fingerprint density at radius 2 is 1.78 bits per heavy atom. The third-order valence-electron chi connectivity index (χ3n) is 9.41. The fraction of sp³-hybridized carbons (Fsp3) is 0.297. The van der Waals surface area contributed by atoms with Crippen LogP contribution in [0.25, 0.3) is 17.2 Å². The molecule has 2 aliphatic rings. The molecule has 1 aliphatic heterocycles. The second kappa shape index (κ2) is 12.4. The molecule has 11 nitrogen and oxygen atoms in total. The Hall–Kier alpha value is -5.65. The Morgan fingerprint density at radius 3 is 2.47 bits per heavy atom. The van der Waals surface area contributed by atoms with Crippen molar-refractivity contribution in [3.05, 3.63) is 120 Å². The first-order chi connectivity index (χ1) is 23.5. The van der Waals surface area contributed by atoms with Gasteiger partial charge in [-0.3, -0.25) is 4.79 Å². The Balaban J connectivity index is 1.07. The van der Waals surface area contributed by atoms with E-state index in [0.29, 0.717) is 47.4 Å². The van der Waals surface area contributed by atoms with Gasteiger partial charge in [0.15, 0.2) is 0 Å². The minimum absolute atomic E-state index is 0.0995. The number of aryl methyl sites for hydroxylation is 1. The van der Waals surface area contributed by atoms with E-state index in [1.807, 2.05) is 61.2 Å². The van der Waals surface area contributed by atoms with Crippen LogP contribution in [0.2, 0.25) is 0 Å². The monoisotopic (exact) mass is 661 g/mol. The molecular formula is C37H36FN7O4. The second-order valence-electron chi connectivity index (χ2n) is 13.4. The van der Waals surface area contributed by atoms with Crippen molar-refractivity contribution >= 4 is 12.0 Å². The average Bonchev–Trinajstić information content (AvgIpc) is 3.36. The third-order valence-corrected chi connectivity index (χ3v) is 9.41. The second-order valence-corrected chi connectivity index (χ2v) is 13.4. The lowest BCUT2D eigenvalue weighted by Gasteiger charge is -2.28. The summed E-state index contributed by atoms with van der Waals surface area (Å²) in [7, 11) is 0. The molecule has 1 saturated carbocycles. The molecule has 7 rings (SSSR count). The van der Waals surface area contributed by atoms with E-state index in [0.717, 1.165) is 11.1 Å². The van der Waals surface area contributed by atoms with Gasteiger partial charge in [0.1, 0.15) is 18.5 Å².